The molecule has 0 aromatic carbocycles. The molecule has 1 aromatic heterocycles. The smallest absolute Gasteiger partial charge is 0.129 e. The van der Waals surface area contributed by atoms with Crippen LogP contribution < -0.4 is 10.1 Å². The van der Waals surface area contributed by atoms with Gasteiger partial charge in [0.05, 0.1) is 6.61 Å². The Morgan fingerprint density at radius 2 is 2.27 bits per heavy atom. The van der Waals surface area contributed by atoms with Crippen LogP contribution in [0.25, 0.3) is 0 Å². The van der Waals surface area contributed by atoms with Crippen LogP contribution in [0.2, 0.25) is 0 Å². The first-order valence-corrected chi connectivity index (χ1v) is 5.71. The predicted molar refractivity (Wildman–Crippen MR) is 61.4 cm³/mol. The Morgan fingerprint density at radius 3 is 2.87 bits per heavy atom. The predicted octanol–water partition coefficient (Wildman–Crippen LogP) is 2.62. The van der Waals surface area contributed by atoms with E-state index < -0.39 is 0 Å². The van der Waals surface area contributed by atoms with Gasteiger partial charge in [0, 0.05) is 23.9 Å². The molecule has 1 aliphatic rings. The van der Waals surface area contributed by atoms with E-state index in [2.05, 4.69) is 17.2 Å². The van der Waals surface area contributed by atoms with E-state index in [-0.39, 0.29) is 0 Å². The fraction of sp³-hybridized carbons (Fsp3) is 0.583. The van der Waals surface area contributed by atoms with E-state index in [1.807, 2.05) is 19.2 Å². The summed E-state index contributed by atoms with van der Waals surface area (Å²) in [6.07, 6.45) is 5.41. The summed E-state index contributed by atoms with van der Waals surface area (Å²) in [6, 6.07) is 2.65. The van der Waals surface area contributed by atoms with Crippen molar-refractivity contribution >= 4 is 5.82 Å². The lowest BCUT2D eigenvalue weighted by Gasteiger charge is -2.11. The molecule has 0 bridgehead atoms. The highest BCUT2D eigenvalue weighted by atomic mass is 16.5. The number of aryl methyl sites for hydroxylation is 1. The van der Waals surface area contributed by atoms with Gasteiger partial charge in [-0.1, -0.05) is 6.92 Å². The van der Waals surface area contributed by atoms with Crippen LogP contribution in [0.4, 0.5) is 5.82 Å². The molecule has 1 saturated carbocycles. The highest BCUT2D eigenvalue weighted by molar-refractivity contribution is 5.46. The molecule has 1 heterocycles. The molecule has 3 heteroatoms. The molecular weight excluding hydrogens is 188 g/mol. The third-order valence-corrected chi connectivity index (χ3v) is 2.55. The summed E-state index contributed by atoms with van der Waals surface area (Å²) in [5, 5.41) is 3.37. The van der Waals surface area contributed by atoms with Crippen molar-refractivity contribution in [1.29, 1.82) is 0 Å². The Morgan fingerprint density at radius 1 is 1.47 bits per heavy atom. The van der Waals surface area contributed by atoms with Crippen LogP contribution in [0.1, 0.15) is 32.3 Å². The molecular formula is C12H18N2O. The van der Waals surface area contributed by atoms with E-state index in [1.54, 1.807) is 0 Å². The number of anilines is 1. The fourth-order valence-corrected chi connectivity index (χ4v) is 1.54. The average molecular weight is 206 g/mol. The summed E-state index contributed by atoms with van der Waals surface area (Å²) in [4.78, 5) is 4.38. The van der Waals surface area contributed by atoms with Crippen molar-refractivity contribution in [3.8, 4) is 5.75 Å². The fourth-order valence-electron chi connectivity index (χ4n) is 1.54. The van der Waals surface area contributed by atoms with Crippen molar-refractivity contribution < 1.29 is 4.74 Å². The average Bonchev–Trinajstić information content (AvgIpc) is 3.03. The molecule has 15 heavy (non-hydrogen) atoms. The summed E-state index contributed by atoms with van der Waals surface area (Å²) < 4.78 is 5.59. The zero-order valence-electron chi connectivity index (χ0n) is 9.42. The number of hydrogen-bond acceptors (Lipinski definition) is 3. The quantitative estimate of drug-likeness (QED) is 0.804. The van der Waals surface area contributed by atoms with Crippen molar-refractivity contribution in [2.24, 2.45) is 0 Å². The van der Waals surface area contributed by atoms with Gasteiger partial charge in [0.15, 0.2) is 0 Å². The Kier molecular flexibility index (Phi) is 3.09. The van der Waals surface area contributed by atoms with E-state index >= 15 is 0 Å². The Hall–Kier alpha value is -1.25. The van der Waals surface area contributed by atoms with E-state index in [4.69, 9.17) is 4.74 Å². The third-order valence-electron chi connectivity index (χ3n) is 2.55. The molecule has 3 nitrogen and oxygen atoms in total. The SMILES string of the molecule is CCOc1cc(NC2CC2)ncc1CC. The van der Waals surface area contributed by atoms with Gasteiger partial charge in [0.25, 0.3) is 0 Å². The molecule has 0 aliphatic heterocycles. The lowest BCUT2D eigenvalue weighted by atomic mass is 10.2. The molecule has 0 saturated heterocycles. The zero-order valence-corrected chi connectivity index (χ0v) is 9.42. The number of nitrogens with zero attached hydrogens (tertiary/aromatic N) is 1. The van der Waals surface area contributed by atoms with Crippen molar-refractivity contribution in [1.82, 2.24) is 4.98 Å². The third kappa shape index (κ3) is 2.61. The highest BCUT2D eigenvalue weighted by Gasteiger charge is 2.21. The summed E-state index contributed by atoms with van der Waals surface area (Å²) in [5.74, 6) is 1.91. The van der Waals surface area contributed by atoms with Crippen LogP contribution in [0.5, 0.6) is 5.75 Å². The largest absolute Gasteiger partial charge is 0.493 e. The first kappa shape index (κ1) is 10.3. The molecule has 0 atom stereocenters. The van der Waals surface area contributed by atoms with Gasteiger partial charge in [-0.25, -0.2) is 4.98 Å². The molecule has 82 valence electrons. The summed E-state index contributed by atoms with van der Waals surface area (Å²) in [7, 11) is 0. The second-order valence-electron chi connectivity index (χ2n) is 3.88. The van der Waals surface area contributed by atoms with Crippen molar-refractivity contribution in [3.63, 3.8) is 0 Å². The van der Waals surface area contributed by atoms with Crippen LogP contribution in [-0.4, -0.2) is 17.6 Å². The van der Waals surface area contributed by atoms with Crippen LogP contribution in [0, 0.1) is 0 Å². The maximum Gasteiger partial charge on any atom is 0.129 e. The molecule has 2 rings (SSSR count). The second-order valence-corrected chi connectivity index (χ2v) is 3.88. The minimum Gasteiger partial charge on any atom is -0.493 e. The van der Waals surface area contributed by atoms with E-state index in [9.17, 15) is 0 Å². The molecule has 1 N–H and O–H groups in total. The van der Waals surface area contributed by atoms with Crippen molar-refractivity contribution in [2.75, 3.05) is 11.9 Å². The number of nitrogens with one attached hydrogen (secondary N) is 1. The lowest BCUT2D eigenvalue weighted by molar-refractivity contribution is 0.336. The van der Waals surface area contributed by atoms with Gasteiger partial charge in [0.2, 0.25) is 0 Å². The van der Waals surface area contributed by atoms with Crippen molar-refractivity contribution in [3.05, 3.63) is 17.8 Å². The van der Waals surface area contributed by atoms with Crippen LogP contribution in [0.3, 0.4) is 0 Å². The minimum atomic E-state index is 0.638. The number of ether oxygens (including phenoxy) is 1. The molecule has 0 radical (unpaired) electrons. The summed E-state index contributed by atoms with van der Waals surface area (Å²) in [5.41, 5.74) is 1.18. The lowest BCUT2D eigenvalue weighted by Crippen LogP contribution is -2.05. The Balaban J connectivity index is 2.14. The number of aromatic nitrogens is 1. The normalized spacial score (nSPS) is 15.1. The molecule has 0 amide bonds. The van der Waals surface area contributed by atoms with E-state index in [0.717, 1.165) is 18.0 Å². The maximum absolute atomic E-state index is 5.59. The van der Waals surface area contributed by atoms with E-state index in [1.165, 1.54) is 18.4 Å². The molecule has 1 aliphatic carbocycles. The van der Waals surface area contributed by atoms with Crippen LogP contribution in [-0.2, 0) is 6.42 Å². The Labute approximate surface area is 90.9 Å². The summed E-state index contributed by atoms with van der Waals surface area (Å²) in [6.45, 7) is 4.83. The van der Waals surface area contributed by atoms with Crippen LogP contribution >= 0.6 is 0 Å². The van der Waals surface area contributed by atoms with Gasteiger partial charge in [0.1, 0.15) is 11.6 Å². The van der Waals surface area contributed by atoms with Gasteiger partial charge in [-0.3, -0.25) is 0 Å². The molecule has 1 aromatic rings. The number of hydrogen-bond donors (Lipinski definition) is 1. The van der Waals surface area contributed by atoms with Gasteiger partial charge in [-0.05, 0) is 26.2 Å². The molecule has 1 fully saturated rings. The topological polar surface area (TPSA) is 34.1 Å². The standard InChI is InChI=1S/C12H18N2O/c1-3-9-8-13-12(14-10-5-6-10)7-11(9)15-4-2/h7-8,10H,3-6H2,1-2H3,(H,13,14). The zero-order chi connectivity index (χ0) is 10.7. The molecule has 0 spiro atoms. The second kappa shape index (κ2) is 4.51. The minimum absolute atomic E-state index is 0.638. The summed E-state index contributed by atoms with van der Waals surface area (Å²) >= 11 is 0. The van der Waals surface area contributed by atoms with Gasteiger partial charge >= 0.3 is 0 Å². The first-order chi connectivity index (χ1) is 7.33. The van der Waals surface area contributed by atoms with Crippen molar-refractivity contribution in [2.45, 2.75) is 39.2 Å². The monoisotopic (exact) mass is 206 g/mol. The van der Waals surface area contributed by atoms with Gasteiger partial charge in [-0.2, -0.15) is 0 Å². The van der Waals surface area contributed by atoms with Crippen LogP contribution in [0.15, 0.2) is 12.3 Å². The maximum atomic E-state index is 5.59. The van der Waals surface area contributed by atoms with Gasteiger partial charge in [-0.15, -0.1) is 0 Å². The van der Waals surface area contributed by atoms with Gasteiger partial charge < -0.3 is 10.1 Å². The Bertz CT molecular complexity index is 334. The molecule has 0 unspecified atom stereocenters. The number of rotatable bonds is 5. The van der Waals surface area contributed by atoms with E-state index in [0.29, 0.717) is 12.6 Å². The highest BCUT2D eigenvalue weighted by Crippen LogP contribution is 2.27. The number of pyridine rings is 1. The first-order valence-electron chi connectivity index (χ1n) is 5.71.